The summed E-state index contributed by atoms with van der Waals surface area (Å²) in [7, 11) is 0. The Bertz CT molecular complexity index is 755. The maximum atomic E-state index is 13.2. The molecule has 7 heteroatoms. The second kappa shape index (κ2) is 6.90. The fourth-order valence-corrected chi connectivity index (χ4v) is 2.37. The molecule has 6 nitrogen and oxygen atoms in total. The number of nitrogens with one attached hydrogen (secondary N) is 1. The summed E-state index contributed by atoms with van der Waals surface area (Å²) < 4.78 is 18.4. The first kappa shape index (κ1) is 17.8. The zero-order chi connectivity index (χ0) is 17.9. The van der Waals surface area contributed by atoms with Crippen molar-refractivity contribution in [1.82, 2.24) is 15.5 Å². The van der Waals surface area contributed by atoms with Gasteiger partial charge in [0.05, 0.1) is 5.54 Å². The highest BCUT2D eigenvalue weighted by molar-refractivity contribution is 5.97. The van der Waals surface area contributed by atoms with Crippen molar-refractivity contribution >= 4 is 11.7 Å². The maximum Gasteiger partial charge on any atom is 0.227 e. The number of ketones is 1. The van der Waals surface area contributed by atoms with Crippen LogP contribution in [0.3, 0.4) is 0 Å². The average molecular weight is 333 g/mol. The van der Waals surface area contributed by atoms with Crippen LogP contribution < -0.4 is 5.32 Å². The van der Waals surface area contributed by atoms with Gasteiger partial charge < -0.3 is 9.84 Å². The molecule has 2 aromatic rings. The number of carbonyl (C=O) groups is 2. The number of halogens is 1. The Balaban J connectivity index is 2.09. The van der Waals surface area contributed by atoms with E-state index in [-0.39, 0.29) is 18.1 Å². The number of carbonyl (C=O) groups excluding carboxylic acids is 2. The molecule has 2 rings (SSSR count). The second-order valence-corrected chi connectivity index (χ2v) is 6.30. The molecule has 1 atom stereocenters. The van der Waals surface area contributed by atoms with Gasteiger partial charge in [-0.25, -0.2) is 4.39 Å². The Hall–Kier alpha value is -2.57. The number of amides is 1. The van der Waals surface area contributed by atoms with Crippen LogP contribution in [0.25, 0.3) is 0 Å². The number of hydrogen-bond acceptors (Lipinski definition) is 5. The number of benzene rings is 1. The van der Waals surface area contributed by atoms with Gasteiger partial charge in [0.2, 0.25) is 11.8 Å². The predicted molar refractivity (Wildman–Crippen MR) is 84.7 cm³/mol. The monoisotopic (exact) mass is 333 g/mol. The molecule has 0 bridgehead atoms. The zero-order valence-corrected chi connectivity index (χ0v) is 14.1. The lowest BCUT2D eigenvalue weighted by atomic mass is 9.96. The van der Waals surface area contributed by atoms with Crippen LogP contribution >= 0.6 is 0 Å². The van der Waals surface area contributed by atoms with Crippen molar-refractivity contribution < 1.29 is 18.5 Å². The van der Waals surface area contributed by atoms with Gasteiger partial charge >= 0.3 is 0 Å². The second-order valence-electron chi connectivity index (χ2n) is 6.30. The van der Waals surface area contributed by atoms with Crippen LogP contribution in [0.1, 0.15) is 49.8 Å². The first-order valence-electron chi connectivity index (χ1n) is 7.60. The van der Waals surface area contributed by atoms with Gasteiger partial charge in [-0.3, -0.25) is 9.59 Å². The van der Waals surface area contributed by atoms with E-state index in [4.69, 9.17) is 4.52 Å². The Labute approximate surface area is 139 Å². The van der Waals surface area contributed by atoms with Crippen LogP contribution in [-0.2, 0) is 16.8 Å². The molecule has 0 aliphatic carbocycles. The van der Waals surface area contributed by atoms with Gasteiger partial charge in [-0.15, -0.1) is 0 Å². The normalized spacial score (nSPS) is 12.7. The molecule has 0 radical (unpaired) electrons. The molecule has 0 saturated carbocycles. The van der Waals surface area contributed by atoms with E-state index in [9.17, 15) is 14.0 Å². The van der Waals surface area contributed by atoms with Crippen LogP contribution in [0, 0.1) is 11.7 Å². The Morgan fingerprint density at radius 2 is 2.08 bits per heavy atom. The number of rotatable bonds is 6. The third-order valence-electron chi connectivity index (χ3n) is 3.55. The van der Waals surface area contributed by atoms with E-state index in [0.29, 0.717) is 17.3 Å². The molecule has 0 spiro atoms. The fourth-order valence-electron chi connectivity index (χ4n) is 2.37. The van der Waals surface area contributed by atoms with Gasteiger partial charge in [0.25, 0.3) is 0 Å². The summed E-state index contributed by atoms with van der Waals surface area (Å²) in [5, 5.41) is 6.59. The van der Waals surface area contributed by atoms with Gasteiger partial charge in [0.1, 0.15) is 5.82 Å². The Morgan fingerprint density at radius 3 is 2.71 bits per heavy atom. The first-order valence-corrected chi connectivity index (χ1v) is 7.60. The van der Waals surface area contributed by atoms with Crippen molar-refractivity contribution in [2.24, 2.45) is 5.92 Å². The average Bonchev–Trinajstić information content (AvgIpc) is 2.94. The van der Waals surface area contributed by atoms with Crippen molar-refractivity contribution in [3.05, 3.63) is 47.4 Å². The Kier molecular flexibility index (Phi) is 5.11. The quantitative estimate of drug-likeness (QED) is 0.822. The molecule has 0 aliphatic rings. The molecular weight excluding hydrogens is 313 g/mol. The Morgan fingerprint density at radius 1 is 1.38 bits per heavy atom. The molecular formula is C17H20FN3O3. The van der Waals surface area contributed by atoms with Crippen molar-refractivity contribution in [3.63, 3.8) is 0 Å². The highest BCUT2D eigenvalue weighted by Gasteiger charge is 2.28. The molecule has 1 unspecified atom stereocenters. The van der Waals surface area contributed by atoms with Crippen LogP contribution in [-0.4, -0.2) is 21.8 Å². The standard InChI is InChI=1S/C17H20FN3O3/c1-10(15(23)12-6-5-7-13(18)9-12)8-14-19-16(21-24-14)17(3,4)20-11(2)22/h5-7,9-10H,8H2,1-4H3,(H,20,22). The molecule has 1 N–H and O–H groups in total. The van der Waals surface area contributed by atoms with Crippen LogP contribution in [0.15, 0.2) is 28.8 Å². The molecule has 0 fully saturated rings. The molecule has 1 aromatic carbocycles. The summed E-state index contributed by atoms with van der Waals surface area (Å²) in [5.74, 6) is -0.677. The summed E-state index contributed by atoms with van der Waals surface area (Å²) in [4.78, 5) is 27.8. The minimum Gasteiger partial charge on any atom is -0.344 e. The van der Waals surface area contributed by atoms with E-state index in [0.717, 1.165) is 0 Å². The van der Waals surface area contributed by atoms with E-state index in [1.807, 2.05) is 0 Å². The lowest BCUT2D eigenvalue weighted by Gasteiger charge is -2.20. The third-order valence-corrected chi connectivity index (χ3v) is 3.55. The number of hydrogen-bond donors (Lipinski definition) is 1. The molecule has 24 heavy (non-hydrogen) atoms. The van der Waals surface area contributed by atoms with Gasteiger partial charge in [-0.1, -0.05) is 24.2 Å². The van der Waals surface area contributed by atoms with E-state index < -0.39 is 17.3 Å². The molecule has 0 aliphatic heterocycles. The minimum absolute atomic E-state index is 0.199. The zero-order valence-electron chi connectivity index (χ0n) is 14.1. The molecule has 0 saturated heterocycles. The summed E-state index contributed by atoms with van der Waals surface area (Å²) in [6, 6.07) is 5.56. The lowest BCUT2D eigenvalue weighted by molar-refractivity contribution is -0.120. The summed E-state index contributed by atoms with van der Waals surface area (Å²) in [6.45, 7) is 6.63. The summed E-state index contributed by atoms with van der Waals surface area (Å²) in [5.41, 5.74) is -0.468. The summed E-state index contributed by atoms with van der Waals surface area (Å²) >= 11 is 0. The van der Waals surface area contributed by atoms with Crippen LogP contribution in [0.2, 0.25) is 0 Å². The first-order chi connectivity index (χ1) is 11.2. The van der Waals surface area contributed by atoms with Gasteiger partial charge in [-0.05, 0) is 26.0 Å². The lowest BCUT2D eigenvalue weighted by Crippen LogP contribution is -2.40. The maximum absolute atomic E-state index is 13.2. The highest BCUT2D eigenvalue weighted by atomic mass is 19.1. The highest BCUT2D eigenvalue weighted by Crippen LogP contribution is 2.19. The SMILES string of the molecule is CC(=O)NC(C)(C)c1noc(CC(C)C(=O)c2cccc(F)c2)n1. The van der Waals surface area contributed by atoms with Crippen molar-refractivity contribution in [1.29, 1.82) is 0 Å². The fraction of sp³-hybridized carbons (Fsp3) is 0.412. The third kappa shape index (κ3) is 4.24. The number of nitrogens with zero attached hydrogens (tertiary/aromatic N) is 2. The van der Waals surface area contributed by atoms with Crippen LogP contribution in [0.4, 0.5) is 4.39 Å². The van der Waals surface area contributed by atoms with E-state index in [1.54, 1.807) is 26.8 Å². The molecule has 1 aromatic heterocycles. The van der Waals surface area contributed by atoms with Gasteiger partial charge in [0, 0.05) is 24.8 Å². The molecule has 1 heterocycles. The van der Waals surface area contributed by atoms with E-state index in [2.05, 4.69) is 15.5 Å². The topological polar surface area (TPSA) is 85.1 Å². The number of aromatic nitrogens is 2. The predicted octanol–water partition coefficient (Wildman–Crippen LogP) is 2.64. The van der Waals surface area contributed by atoms with Gasteiger partial charge in [0.15, 0.2) is 11.6 Å². The summed E-state index contributed by atoms with van der Waals surface area (Å²) in [6.07, 6.45) is 0.235. The van der Waals surface area contributed by atoms with Crippen molar-refractivity contribution in [2.75, 3.05) is 0 Å². The largest absolute Gasteiger partial charge is 0.344 e. The molecule has 1 amide bonds. The number of Topliss-reactive ketones (excluding diaryl/α,β-unsaturated/α-hetero) is 1. The van der Waals surface area contributed by atoms with Gasteiger partial charge in [-0.2, -0.15) is 4.98 Å². The molecule has 128 valence electrons. The smallest absolute Gasteiger partial charge is 0.227 e. The van der Waals surface area contributed by atoms with E-state index in [1.165, 1.54) is 25.1 Å². The van der Waals surface area contributed by atoms with Crippen LogP contribution in [0.5, 0.6) is 0 Å². The van der Waals surface area contributed by atoms with E-state index >= 15 is 0 Å². The van der Waals surface area contributed by atoms with Crippen molar-refractivity contribution in [2.45, 2.75) is 39.7 Å². The van der Waals surface area contributed by atoms with Crippen molar-refractivity contribution in [3.8, 4) is 0 Å². The minimum atomic E-state index is -0.774.